The van der Waals surface area contributed by atoms with Crippen molar-refractivity contribution in [1.82, 2.24) is 4.90 Å². The van der Waals surface area contributed by atoms with Crippen molar-refractivity contribution < 1.29 is 47.7 Å². The lowest BCUT2D eigenvalue weighted by Gasteiger charge is -2.50. The highest BCUT2D eigenvalue weighted by Gasteiger charge is 2.56. The summed E-state index contributed by atoms with van der Waals surface area (Å²) >= 11 is 2.25. The molecule has 0 unspecified atom stereocenters. The molecule has 0 spiro atoms. The normalized spacial score (nSPS) is 24.7. The van der Waals surface area contributed by atoms with E-state index in [-0.39, 0.29) is 18.8 Å². The lowest BCUT2D eigenvalue weighted by atomic mass is 9.90. The molecule has 1 aromatic rings. The standard InChI is InChI=1S/C38H54INO10/c1-35(2,3)31(42)46-21-26-27(48-32(43)36(4,5)6)28(49-33(44)37(7,8)9)29(50-34(45)38(10,11)12)30(47-26)40-18-17-24(41)20-23(40)19-22-15-13-14-16-25(22)39/h13-18,23,26-30H,19-21H2,1-12H3/t23-,26-,27+,28+,29-,30-/m1/s1. The van der Waals surface area contributed by atoms with Gasteiger partial charge < -0.3 is 28.6 Å². The van der Waals surface area contributed by atoms with Crippen LogP contribution in [0.4, 0.5) is 0 Å². The van der Waals surface area contributed by atoms with E-state index in [0.29, 0.717) is 6.42 Å². The molecule has 11 nitrogen and oxygen atoms in total. The summed E-state index contributed by atoms with van der Waals surface area (Å²) in [5, 5.41) is 0. The summed E-state index contributed by atoms with van der Waals surface area (Å²) < 4.78 is 31.9. The number of carbonyl (C=O) groups excluding carboxylic acids is 5. The summed E-state index contributed by atoms with van der Waals surface area (Å²) in [6.07, 6.45) is -2.81. The number of hydrogen-bond acceptors (Lipinski definition) is 11. The highest BCUT2D eigenvalue weighted by molar-refractivity contribution is 14.1. The van der Waals surface area contributed by atoms with Gasteiger partial charge in [-0.15, -0.1) is 0 Å². The van der Waals surface area contributed by atoms with Crippen molar-refractivity contribution in [2.24, 2.45) is 21.7 Å². The van der Waals surface area contributed by atoms with E-state index in [1.807, 2.05) is 24.3 Å². The van der Waals surface area contributed by atoms with Crippen molar-refractivity contribution in [3.63, 3.8) is 0 Å². The Morgan fingerprint density at radius 2 is 1.22 bits per heavy atom. The first-order chi connectivity index (χ1) is 22.8. The SMILES string of the molecule is CC(C)(C)C(=O)OC[C@H]1O[C@@H](N2C=CC(=O)C[C@H]2Cc2ccccc2I)[C@H](OC(=O)C(C)(C)C)[C@@H](OC(=O)C(C)(C)C)[C@H]1OC(=O)C(C)(C)C. The summed E-state index contributed by atoms with van der Waals surface area (Å²) in [6.45, 7) is 19.9. The third-order valence-corrected chi connectivity index (χ3v) is 9.22. The molecule has 50 heavy (non-hydrogen) atoms. The van der Waals surface area contributed by atoms with Gasteiger partial charge in [0.1, 0.15) is 12.7 Å². The van der Waals surface area contributed by atoms with Gasteiger partial charge in [-0.05, 0) is 130 Å². The summed E-state index contributed by atoms with van der Waals surface area (Å²) in [5.74, 6) is -2.50. The van der Waals surface area contributed by atoms with E-state index in [1.54, 1.807) is 94.2 Å². The lowest BCUT2D eigenvalue weighted by Crippen LogP contribution is -2.67. The molecule has 0 aromatic heterocycles. The average Bonchev–Trinajstić information content (AvgIpc) is 2.97. The zero-order valence-electron chi connectivity index (χ0n) is 31.5. The number of allylic oxidation sites excluding steroid dienone is 1. The molecule has 2 aliphatic heterocycles. The molecule has 2 heterocycles. The van der Waals surface area contributed by atoms with Crippen molar-refractivity contribution in [1.29, 1.82) is 0 Å². The highest BCUT2D eigenvalue weighted by atomic mass is 127. The zero-order valence-corrected chi connectivity index (χ0v) is 33.6. The van der Waals surface area contributed by atoms with Crippen LogP contribution in [0.5, 0.6) is 0 Å². The molecule has 1 saturated heterocycles. The Labute approximate surface area is 310 Å². The summed E-state index contributed by atoms with van der Waals surface area (Å²) in [4.78, 5) is 68.5. The van der Waals surface area contributed by atoms with Gasteiger partial charge in [0.05, 0.1) is 21.7 Å². The molecule has 278 valence electrons. The Bertz CT molecular complexity index is 1460. The zero-order chi connectivity index (χ0) is 38.0. The molecular formula is C38H54INO10. The maximum atomic E-state index is 13.7. The molecule has 1 aromatic carbocycles. The van der Waals surface area contributed by atoms with Crippen LogP contribution in [-0.4, -0.2) is 77.9 Å². The number of carbonyl (C=O) groups is 5. The maximum Gasteiger partial charge on any atom is 0.311 e. The van der Waals surface area contributed by atoms with E-state index in [2.05, 4.69) is 22.6 Å². The number of benzene rings is 1. The Kier molecular flexibility index (Phi) is 13.0. The van der Waals surface area contributed by atoms with Gasteiger partial charge in [0.2, 0.25) is 0 Å². The first-order valence-corrected chi connectivity index (χ1v) is 18.1. The molecule has 0 radical (unpaired) electrons. The number of nitrogens with zero attached hydrogens (tertiary/aromatic N) is 1. The van der Waals surface area contributed by atoms with E-state index >= 15 is 0 Å². The van der Waals surface area contributed by atoms with Crippen LogP contribution in [0.3, 0.4) is 0 Å². The van der Waals surface area contributed by atoms with Gasteiger partial charge in [0, 0.05) is 22.2 Å². The Balaban J connectivity index is 2.26. The third kappa shape index (κ3) is 10.8. The van der Waals surface area contributed by atoms with Gasteiger partial charge in [0.25, 0.3) is 0 Å². The number of ketones is 1. The lowest BCUT2D eigenvalue weighted by molar-refractivity contribution is -0.283. The molecule has 6 atom stereocenters. The van der Waals surface area contributed by atoms with Crippen molar-refractivity contribution in [3.05, 3.63) is 45.7 Å². The molecule has 0 bridgehead atoms. The van der Waals surface area contributed by atoms with Gasteiger partial charge >= 0.3 is 23.9 Å². The largest absolute Gasteiger partial charge is 0.462 e. The molecular weight excluding hydrogens is 757 g/mol. The van der Waals surface area contributed by atoms with Crippen LogP contribution in [0.1, 0.15) is 95.1 Å². The summed E-state index contributed by atoms with van der Waals surface area (Å²) in [5.41, 5.74) is -2.82. The van der Waals surface area contributed by atoms with Gasteiger partial charge in [-0.3, -0.25) is 24.0 Å². The van der Waals surface area contributed by atoms with Crippen LogP contribution in [0.25, 0.3) is 0 Å². The van der Waals surface area contributed by atoms with Gasteiger partial charge in [-0.25, -0.2) is 0 Å². The van der Waals surface area contributed by atoms with E-state index < -0.39 is 82.2 Å². The van der Waals surface area contributed by atoms with Crippen LogP contribution in [0.15, 0.2) is 36.5 Å². The Hall–Kier alpha value is -3.00. The molecule has 2 aliphatic rings. The second-order valence-electron chi connectivity index (χ2n) is 17.2. The van der Waals surface area contributed by atoms with Gasteiger partial charge in [-0.2, -0.15) is 0 Å². The molecule has 3 rings (SSSR count). The fraction of sp³-hybridized carbons (Fsp3) is 0.658. The van der Waals surface area contributed by atoms with E-state index in [4.69, 9.17) is 23.7 Å². The monoisotopic (exact) mass is 811 g/mol. The number of esters is 4. The average molecular weight is 812 g/mol. The minimum Gasteiger partial charge on any atom is -0.462 e. The van der Waals surface area contributed by atoms with Crippen molar-refractivity contribution in [3.8, 4) is 0 Å². The molecule has 0 amide bonds. The summed E-state index contributed by atoms with van der Waals surface area (Å²) in [7, 11) is 0. The van der Waals surface area contributed by atoms with Gasteiger partial charge in [-0.1, -0.05) is 18.2 Å². The van der Waals surface area contributed by atoms with Crippen molar-refractivity contribution >= 4 is 52.3 Å². The third-order valence-electron chi connectivity index (χ3n) is 8.17. The van der Waals surface area contributed by atoms with E-state index in [9.17, 15) is 24.0 Å². The Morgan fingerprint density at radius 1 is 0.740 bits per heavy atom. The van der Waals surface area contributed by atoms with Crippen LogP contribution in [-0.2, 0) is 54.1 Å². The number of halogens is 1. The topological polar surface area (TPSA) is 135 Å². The van der Waals surface area contributed by atoms with Crippen LogP contribution >= 0.6 is 22.6 Å². The van der Waals surface area contributed by atoms with Crippen LogP contribution < -0.4 is 0 Å². The number of ether oxygens (including phenoxy) is 5. The van der Waals surface area contributed by atoms with Crippen LogP contribution in [0, 0.1) is 25.2 Å². The molecule has 1 fully saturated rings. The van der Waals surface area contributed by atoms with E-state index in [1.165, 1.54) is 6.08 Å². The minimum absolute atomic E-state index is 0.0976. The first kappa shape index (κ1) is 41.4. The summed E-state index contributed by atoms with van der Waals surface area (Å²) in [6, 6.07) is 7.34. The minimum atomic E-state index is -1.39. The van der Waals surface area contributed by atoms with Gasteiger partial charge in [0.15, 0.2) is 30.3 Å². The highest BCUT2D eigenvalue weighted by Crippen LogP contribution is 2.37. The molecule has 12 heteroatoms. The fourth-order valence-electron chi connectivity index (χ4n) is 5.03. The molecule has 0 N–H and O–H groups in total. The molecule has 0 saturated carbocycles. The Morgan fingerprint density at radius 3 is 1.72 bits per heavy atom. The van der Waals surface area contributed by atoms with E-state index in [0.717, 1.165) is 9.13 Å². The van der Waals surface area contributed by atoms with Crippen LogP contribution in [0.2, 0.25) is 0 Å². The quantitative estimate of drug-likeness (QED) is 0.169. The molecule has 0 aliphatic carbocycles. The maximum absolute atomic E-state index is 13.7. The number of rotatable bonds is 8. The fourth-order valence-corrected chi connectivity index (χ4v) is 5.64. The van der Waals surface area contributed by atoms with Crippen molar-refractivity contribution in [2.45, 2.75) is 133 Å². The second kappa shape index (κ2) is 15.7. The number of hydrogen-bond donors (Lipinski definition) is 0. The van der Waals surface area contributed by atoms with Crippen molar-refractivity contribution in [2.75, 3.05) is 6.61 Å². The predicted molar refractivity (Wildman–Crippen MR) is 194 cm³/mol. The smallest absolute Gasteiger partial charge is 0.311 e. The second-order valence-corrected chi connectivity index (χ2v) is 18.3. The predicted octanol–water partition coefficient (Wildman–Crippen LogP) is 6.18. The first-order valence-electron chi connectivity index (χ1n) is 17.0.